The number of fused-ring (bicyclic) bond motifs is 2. The van der Waals surface area contributed by atoms with Crippen molar-refractivity contribution >= 4 is 34.1 Å². The zero-order valence-corrected chi connectivity index (χ0v) is 26.1. The topological polar surface area (TPSA) is 18.5 Å². The molecule has 0 saturated heterocycles. The summed E-state index contributed by atoms with van der Waals surface area (Å²) >= 11 is 0. The van der Waals surface area contributed by atoms with Crippen LogP contribution in [0.5, 0.6) is 11.5 Å². The lowest BCUT2D eigenvalue weighted by Crippen LogP contribution is -2.47. The summed E-state index contributed by atoms with van der Waals surface area (Å²) in [7, 11) is -4.52. The molecule has 0 aliphatic rings. The third-order valence-electron chi connectivity index (χ3n) is 8.05. The van der Waals surface area contributed by atoms with Gasteiger partial charge in [-0.2, -0.15) is 8.78 Å². The molecule has 6 rings (SSSR count). The first kappa shape index (κ1) is 41.5. The minimum atomic E-state index is -4.52. The van der Waals surface area contributed by atoms with E-state index in [1.54, 1.807) is 0 Å². The Balaban J connectivity index is 1.86. The van der Waals surface area contributed by atoms with E-state index in [9.17, 15) is 65.9 Å². The maximum atomic E-state index is 15.8. The molecule has 6 aromatic carbocycles. The quantitative estimate of drug-likeness (QED) is 0.0719. The molecule has 0 amide bonds. The highest BCUT2D eigenvalue weighted by atomic mass is 19.2. The fourth-order valence-corrected chi connectivity index (χ4v) is 5.45. The molecule has 0 spiro atoms. The smallest absolute Gasteiger partial charge is 0.519 e. The van der Waals surface area contributed by atoms with E-state index in [-0.39, 0.29) is 0 Å². The normalized spacial score (nSPS) is 11.7. The third kappa shape index (κ3) is 5.60. The van der Waals surface area contributed by atoms with Crippen molar-refractivity contribution in [1.29, 1.82) is 0 Å². The molecule has 0 aliphatic heterocycles. The first-order valence-electron chi connectivity index (χ1n) is 14.3. The van der Waals surface area contributed by atoms with Crippen LogP contribution in [0.4, 0.5) is 101 Å². The predicted octanol–water partition coefficient (Wildman–Crippen LogP) is 10.7. The lowest BCUT2D eigenvalue weighted by Gasteiger charge is -2.24. The standard InChI is InChI=1S/C32BF23O2/c34-8-1(2-9(35)21(47)28(54)22(48)10(2)36)7(17(43)27(53)18(8)44)33(57-31-5-3(13(39)25(51)29(31)55)11(37)19(45)23(49)15(5)41)58-32-6-4(14(40)26(52)30(32)56)12(38)20(46)24(50)16(6)42. The highest BCUT2D eigenvalue weighted by Crippen LogP contribution is 2.43. The molecule has 26 heteroatoms. The summed E-state index contributed by atoms with van der Waals surface area (Å²) in [4.78, 5) is 0. The molecule has 6 aromatic rings. The van der Waals surface area contributed by atoms with Crippen molar-refractivity contribution in [3.05, 3.63) is 134 Å². The van der Waals surface area contributed by atoms with Gasteiger partial charge in [-0.15, -0.1) is 0 Å². The van der Waals surface area contributed by atoms with Crippen LogP contribution in [0.25, 0.3) is 32.7 Å². The van der Waals surface area contributed by atoms with Crippen LogP contribution in [0.3, 0.4) is 0 Å². The van der Waals surface area contributed by atoms with Gasteiger partial charge in [0.2, 0.25) is 17.5 Å². The molecule has 0 heterocycles. The Morgan fingerprint density at radius 3 is 0.759 bits per heavy atom. The number of halogens is 23. The van der Waals surface area contributed by atoms with Gasteiger partial charge in [-0.25, -0.2) is 92.2 Å². The molecule has 0 atom stereocenters. The zero-order chi connectivity index (χ0) is 43.5. The van der Waals surface area contributed by atoms with Crippen molar-refractivity contribution in [2.75, 3.05) is 0 Å². The van der Waals surface area contributed by atoms with E-state index in [1.165, 1.54) is 0 Å². The molecular weight excluding hydrogens is 864 g/mol. The maximum Gasteiger partial charge on any atom is 0.636 e. The number of rotatable bonds is 6. The summed E-state index contributed by atoms with van der Waals surface area (Å²) in [6.07, 6.45) is 0. The van der Waals surface area contributed by atoms with Crippen LogP contribution in [0.2, 0.25) is 0 Å². The lowest BCUT2D eigenvalue weighted by molar-refractivity contribution is 0.367. The summed E-state index contributed by atoms with van der Waals surface area (Å²) < 4.78 is 349. The molecule has 0 saturated carbocycles. The molecular formula is C32BF23O2. The molecule has 0 radical (unpaired) electrons. The Kier molecular flexibility index (Phi) is 10.1. The van der Waals surface area contributed by atoms with Crippen molar-refractivity contribution in [1.82, 2.24) is 0 Å². The molecule has 0 bridgehead atoms. The van der Waals surface area contributed by atoms with Crippen LogP contribution in [-0.2, 0) is 0 Å². The van der Waals surface area contributed by atoms with E-state index < -0.39 is 191 Å². The Morgan fingerprint density at radius 1 is 0.207 bits per heavy atom. The zero-order valence-electron chi connectivity index (χ0n) is 26.1. The second kappa shape index (κ2) is 14.1. The van der Waals surface area contributed by atoms with E-state index in [4.69, 9.17) is 0 Å². The SMILES string of the molecule is Fc1c(F)c(F)c(-c2c(F)c(F)c(F)c(F)c2B(Oc2c(F)c(F)c(F)c3c(F)c(F)c(F)c(F)c23)Oc2c(F)c(F)c(F)c3c(F)c(F)c(F)c(F)c23)c(F)c1F. The third-order valence-corrected chi connectivity index (χ3v) is 8.05. The second-order valence-corrected chi connectivity index (χ2v) is 11.1. The van der Waals surface area contributed by atoms with Crippen molar-refractivity contribution in [2.45, 2.75) is 0 Å². The molecule has 0 unspecified atom stereocenters. The van der Waals surface area contributed by atoms with Crippen molar-refractivity contribution < 1.29 is 110 Å². The van der Waals surface area contributed by atoms with E-state index in [1.807, 2.05) is 0 Å². The highest BCUT2D eigenvalue weighted by molar-refractivity contribution is 6.65. The molecule has 0 aliphatic carbocycles. The number of benzene rings is 6. The first-order chi connectivity index (χ1) is 26.9. The summed E-state index contributed by atoms with van der Waals surface area (Å²) in [5, 5.41) is -10.4. The highest BCUT2D eigenvalue weighted by Gasteiger charge is 2.45. The Hall–Kier alpha value is -6.11. The Morgan fingerprint density at radius 2 is 0.431 bits per heavy atom. The van der Waals surface area contributed by atoms with Crippen molar-refractivity contribution in [3.63, 3.8) is 0 Å². The van der Waals surface area contributed by atoms with Gasteiger partial charge in [0.15, 0.2) is 128 Å². The minimum Gasteiger partial charge on any atom is -0.519 e. The molecule has 58 heavy (non-hydrogen) atoms. The fourth-order valence-electron chi connectivity index (χ4n) is 5.45. The maximum absolute atomic E-state index is 15.8. The van der Waals surface area contributed by atoms with Crippen LogP contribution < -0.4 is 14.8 Å². The van der Waals surface area contributed by atoms with Gasteiger partial charge in [0.25, 0.3) is 0 Å². The van der Waals surface area contributed by atoms with E-state index in [2.05, 4.69) is 9.31 Å². The van der Waals surface area contributed by atoms with E-state index in [0.717, 1.165) is 0 Å². The average molecular weight is 864 g/mol. The van der Waals surface area contributed by atoms with Crippen LogP contribution in [-0.4, -0.2) is 7.12 Å². The van der Waals surface area contributed by atoms with E-state index in [0.29, 0.717) is 0 Å². The average Bonchev–Trinajstić information content (AvgIpc) is 3.19. The molecule has 0 N–H and O–H groups in total. The summed E-state index contributed by atoms with van der Waals surface area (Å²) in [6.45, 7) is 0. The molecule has 0 aromatic heterocycles. The van der Waals surface area contributed by atoms with Crippen molar-refractivity contribution in [3.8, 4) is 22.6 Å². The molecule has 2 nitrogen and oxygen atoms in total. The van der Waals surface area contributed by atoms with E-state index >= 15 is 35.1 Å². The van der Waals surface area contributed by atoms with Gasteiger partial charge in [0, 0.05) is 5.56 Å². The van der Waals surface area contributed by atoms with Gasteiger partial charge in [0.05, 0.1) is 32.6 Å². The van der Waals surface area contributed by atoms with Crippen molar-refractivity contribution in [2.24, 2.45) is 0 Å². The molecule has 304 valence electrons. The number of hydrogen-bond acceptors (Lipinski definition) is 2. The van der Waals surface area contributed by atoms with Gasteiger partial charge in [-0.3, -0.25) is 0 Å². The largest absolute Gasteiger partial charge is 0.636 e. The van der Waals surface area contributed by atoms with Crippen LogP contribution in [0, 0.1) is 134 Å². The van der Waals surface area contributed by atoms with Gasteiger partial charge in [-0.1, -0.05) is 0 Å². The second-order valence-electron chi connectivity index (χ2n) is 11.1. The summed E-state index contributed by atoms with van der Waals surface area (Å²) in [5.74, 6) is -79.0. The number of hydrogen-bond donors (Lipinski definition) is 0. The Labute approximate surface area is 301 Å². The molecule has 0 fully saturated rings. The fraction of sp³-hybridized carbons (Fsp3) is 0. The monoisotopic (exact) mass is 864 g/mol. The minimum absolute atomic E-state index is 2.59. The lowest BCUT2D eigenvalue weighted by atomic mass is 9.72. The van der Waals surface area contributed by atoms with Crippen LogP contribution >= 0.6 is 0 Å². The van der Waals surface area contributed by atoms with Gasteiger partial charge in [0.1, 0.15) is 0 Å². The summed E-state index contributed by atoms with van der Waals surface area (Å²) in [5.41, 5.74) is -9.00. The van der Waals surface area contributed by atoms with Crippen LogP contribution in [0.1, 0.15) is 0 Å². The first-order valence-corrected chi connectivity index (χ1v) is 14.3. The van der Waals surface area contributed by atoms with Gasteiger partial charge < -0.3 is 9.31 Å². The van der Waals surface area contributed by atoms with Gasteiger partial charge in [-0.05, 0) is 0 Å². The van der Waals surface area contributed by atoms with Gasteiger partial charge >= 0.3 is 7.12 Å². The summed E-state index contributed by atoms with van der Waals surface area (Å²) in [6, 6.07) is 0. The van der Waals surface area contributed by atoms with Crippen LogP contribution in [0.15, 0.2) is 0 Å². The predicted molar refractivity (Wildman–Crippen MR) is 145 cm³/mol. The Bertz CT molecular complexity index is 2680.